The molecule has 0 fully saturated rings. The van der Waals surface area contributed by atoms with Gasteiger partial charge in [-0.1, -0.05) is 0 Å². The molecule has 0 aromatic rings. The fourth-order valence-electron chi connectivity index (χ4n) is 1.20. The first-order valence-electron chi connectivity index (χ1n) is 5.51. The zero-order valence-electron chi connectivity index (χ0n) is 11.0. The predicted molar refractivity (Wildman–Crippen MR) is 63.6 cm³/mol. The van der Waals surface area contributed by atoms with Crippen LogP contribution in [0.4, 0.5) is 0 Å². The summed E-state index contributed by atoms with van der Waals surface area (Å²) in [6.07, 6.45) is -0.0480. The van der Waals surface area contributed by atoms with Gasteiger partial charge < -0.3 is 19.7 Å². The van der Waals surface area contributed by atoms with E-state index in [-0.39, 0.29) is 24.3 Å². The van der Waals surface area contributed by atoms with Gasteiger partial charge in [-0.15, -0.1) is 0 Å². The van der Waals surface area contributed by atoms with E-state index in [9.17, 15) is 9.59 Å². The Morgan fingerprint density at radius 3 is 2.47 bits per heavy atom. The highest BCUT2D eigenvalue weighted by atomic mass is 16.5. The van der Waals surface area contributed by atoms with Crippen molar-refractivity contribution in [2.24, 2.45) is 0 Å². The first kappa shape index (κ1) is 15.9. The first-order chi connectivity index (χ1) is 8.01. The molecular formula is C11H22N2O4. The monoisotopic (exact) mass is 246 g/mol. The maximum atomic E-state index is 11.7. The molecule has 6 nitrogen and oxygen atoms in total. The van der Waals surface area contributed by atoms with Gasteiger partial charge in [0.1, 0.15) is 0 Å². The molecule has 6 heteroatoms. The number of hydrogen-bond acceptors (Lipinski definition) is 4. The van der Waals surface area contributed by atoms with E-state index in [1.807, 2.05) is 0 Å². The van der Waals surface area contributed by atoms with E-state index in [2.05, 4.69) is 5.32 Å². The summed E-state index contributed by atoms with van der Waals surface area (Å²) in [7, 11) is 4.83. The van der Waals surface area contributed by atoms with Crippen molar-refractivity contribution in [2.45, 2.75) is 19.4 Å². The Morgan fingerprint density at radius 2 is 2.00 bits per heavy atom. The molecule has 100 valence electrons. The summed E-state index contributed by atoms with van der Waals surface area (Å²) in [4.78, 5) is 24.1. The summed E-state index contributed by atoms with van der Waals surface area (Å²) in [5.74, 6) is -0.161. The van der Waals surface area contributed by atoms with E-state index in [4.69, 9.17) is 9.47 Å². The number of carbonyl (C=O) groups is 2. The third-order valence-corrected chi connectivity index (χ3v) is 2.37. The molecule has 0 saturated carbocycles. The topological polar surface area (TPSA) is 67.9 Å². The highest BCUT2D eigenvalue weighted by Crippen LogP contribution is 2.00. The molecule has 0 rings (SSSR count). The number of nitrogens with zero attached hydrogens (tertiary/aromatic N) is 1. The first-order valence-corrected chi connectivity index (χ1v) is 5.51. The third kappa shape index (κ3) is 7.70. The average molecular weight is 246 g/mol. The number of methoxy groups -OCH3 is 2. The lowest BCUT2D eigenvalue weighted by Gasteiger charge is -2.20. The van der Waals surface area contributed by atoms with Crippen molar-refractivity contribution in [3.8, 4) is 0 Å². The van der Waals surface area contributed by atoms with Gasteiger partial charge in [-0.3, -0.25) is 9.59 Å². The van der Waals surface area contributed by atoms with Crippen LogP contribution in [0.15, 0.2) is 0 Å². The second-order valence-electron chi connectivity index (χ2n) is 3.81. The highest BCUT2D eigenvalue weighted by Gasteiger charge is 2.16. The van der Waals surface area contributed by atoms with Gasteiger partial charge in [0.05, 0.1) is 19.1 Å². The number of nitrogens with one attached hydrogen (secondary N) is 1. The summed E-state index contributed by atoms with van der Waals surface area (Å²) < 4.78 is 10.0. The lowest BCUT2D eigenvalue weighted by atomic mass is 10.2. The summed E-state index contributed by atoms with van der Waals surface area (Å²) in [6.45, 7) is 2.83. The molecule has 0 aromatic heterocycles. The lowest BCUT2D eigenvalue weighted by molar-refractivity contribution is -0.133. The molecule has 1 N–H and O–H groups in total. The van der Waals surface area contributed by atoms with E-state index < -0.39 is 0 Å². The lowest BCUT2D eigenvalue weighted by Crippen LogP contribution is -2.37. The number of ether oxygens (including phenoxy) is 2. The van der Waals surface area contributed by atoms with Crippen LogP contribution in [0.1, 0.15) is 13.3 Å². The van der Waals surface area contributed by atoms with Gasteiger partial charge in [0, 0.05) is 41.3 Å². The second kappa shape index (κ2) is 8.95. The molecule has 0 aliphatic rings. The van der Waals surface area contributed by atoms with Gasteiger partial charge >= 0.3 is 0 Å². The van der Waals surface area contributed by atoms with Gasteiger partial charge in [0.25, 0.3) is 0 Å². The Hall–Kier alpha value is -1.14. The van der Waals surface area contributed by atoms with Crippen LogP contribution in [0.2, 0.25) is 0 Å². The van der Waals surface area contributed by atoms with Crippen molar-refractivity contribution in [3.05, 3.63) is 0 Å². The molecule has 0 heterocycles. The molecule has 0 aliphatic heterocycles. The Labute approximate surface area is 102 Å². The Kier molecular flexibility index (Phi) is 8.35. The molecule has 0 aliphatic carbocycles. The normalized spacial score (nSPS) is 12.0. The number of rotatable bonds is 8. The van der Waals surface area contributed by atoms with Crippen LogP contribution in [0, 0.1) is 0 Å². The molecular weight excluding hydrogens is 224 g/mol. The van der Waals surface area contributed by atoms with Gasteiger partial charge in [0.15, 0.2) is 0 Å². The smallest absolute Gasteiger partial charge is 0.225 e. The Morgan fingerprint density at radius 1 is 1.35 bits per heavy atom. The zero-order valence-corrected chi connectivity index (χ0v) is 11.0. The van der Waals surface area contributed by atoms with E-state index in [1.165, 1.54) is 14.0 Å². The van der Waals surface area contributed by atoms with Crippen LogP contribution in [0.25, 0.3) is 0 Å². The van der Waals surface area contributed by atoms with Crippen molar-refractivity contribution in [2.75, 3.05) is 41.0 Å². The average Bonchev–Trinajstić information content (AvgIpc) is 2.30. The van der Waals surface area contributed by atoms with E-state index in [1.54, 1.807) is 19.1 Å². The van der Waals surface area contributed by atoms with Crippen LogP contribution in [-0.2, 0) is 19.1 Å². The summed E-state index contributed by atoms with van der Waals surface area (Å²) >= 11 is 0. The third-order valence-electron chi connectivity index (χ3n) is 2.37. The maximum absolute atomic E-state index is 11.7. The second-order valence-corrected chi connectivity index (χ2v) is 3.81. The predicted octanol–water partition coefficient (Wildman–Crippen LogP) is -0.368. The molecule has 0 aromatic carbocycles. The summed E-state index contributed by atoms with van der Waals surface area (Å²) in [5.41, 5.74) is 0. The molecule has 0 saturated heterocycles. The molecule has 0 spiro atoms. The van der Waals surface area contributed by atoms with Gasteiger partial charge in [-0.05, 0) is 0 Å². The summed E-state index contributed by atoms with van der Waals surface area (Å²) in [6, 6.07) is 0. The number of amides is 2. The quantitative estimate of drug-likeness (QED) is 0.634. The summed E-state index contributed by atoms with van der Waals surface area (Å²) in [5, 5.41) is 2.62. The number of likely N-dealkylation sites (N-methyl/N-ethyl adjacent to an activating group) is 1. The van der Waals surface area contributed by atoms with Crippen LogP contribution >= 0.6 is 0 Å². The number of hydrogen-bond donors (Lipinski definition) is 1. The SMILES string of the molecule is COCCN(C)C(=O)CC(CNC(C)=O)OC. The van der Waals surface area contributed by atoms with Crippen molar-refractivity contribution < 1.29 is 19.1 Å². The fourth-order valence-corrected chi connectivity index (χ4v) is 1.20. The molecule has 0 bridgehead atoms. The van der Waals surface area contributed by atoms with Crippen molar-refractivity contribution >= 4 is 11.8 Å². The van der Waals surface area contributed by atoms with E-state index in [0.29, 0.717) is 19.7 Å². The van der Waals surface area contributed by atoms with E-state index in [0.717, 1.165) is 0 Å². The van der Waals surface area contributed by atoms with Gasteiger partial charge in [-0.25, -0.2) is 0 Å². The fraction of sp³-hybridized carbons (Fsp3) is 0.818. The molecule has 0 radical (unpaired) electrons. The maximum Gasteiger partial charge on any atom is 0.225 e. The Bertz CT molecular complexity index is 246. The van der Waals surface area contributed by atoms with Crippen LogP contribution in [-0.4, -0.2) is 63.8 Å². The standard InChI is InChI=1S/C11H22N2O4/c1-9(14)12-8-10(17-4)7-11(15)13(2)5-6-16-3/h10H,5-8H2,1-4H3,(H,12,14). The molecule has 1 atom stereocenters. The Balaban J connectivity index is 3.99. The van der Waals surface area contributed by atoms with Gasteiger partial charge in [0.2, 0.25) is 11.8 Å². The minimum atomic E-state index is -0.295. The van der Waals surface area contributed by atoms with Crippen LogP contribution < -0.4 is 5.32 Å². The molecule has 17 heavy (non-hydrogen) atoms. The zero-order chi connectivity index (χ0) is 13.3. The van der Waals surface area contributed by atoms with Crippen LogP contribution in [0.5, 0.6) is 0 Å². The molecule has 2 amide bonds. The minimum Gasteiger partial charge on any atom is -0.383 e. The van der Waals surface area contributed by atoms with Crippen LogP contribution in [0.3, 0.4) is 0 Å². The van der Waals surface area contributed by atoms with Gasteiger partial charge in [-0.2, -0.15) is 0 Å². The van der Waals surface area contributed by atoms with Crippen molar-refractivity contribution in [3.63, 3.8) is 0 Å². The van der Waals surface area contributed by atoms with E-state index >= 15 is 0 Å². The molecule has 1 unspecified atom stereocenters. The van der Waals surface area contributed by atoms with Crippen molar-refractivity contribution in [1.82, 2.24) is 10.2 Å². The highest BCUT2D eigenvalue weighted by molar-refractivity contribution is 5.76. The number of carbonyl (C=O) groups excluding carboxylic acids is 2. The minimum absolute atomic E-state index is 0.0285. The largest absolute Gasteiger partial charge is 0.383 e. The van der Waals surface area contributed by atoms with Crippen molar-refractivity contribution in [1.29, 1.82) is 0 Å².